The number of hydrogen-bond acceptors (Lipinski definition) is 5. The SMILES string of the molecule is C#CCNC(=O)CSc1nnc2n(C)c(=O)c3ccccc3n12. The Morgan fingerprint density at radius 1 is 1.39 bits per heavy atom. The quantitative estimate of drug-likeness (QED) is 0.555. The molecule has 116 valence electrons. The highest BCUT2D eigenvalue weighted by atomic mass is 32.2. The molecule has 7 nitrogen and oxygen atoms in total. The molecule has 0 atom stereocenters. The number of rotatable bonds is 4. The van der Waals surface area contributed by atoms with Crippen LogP contribution in [0.3, 0.4) is 0 Å². The van der Waals surface area contributed by atoms with Crippen molar-refractivity contribution in [2.24, 2.45) is 7.05 Å². The molecule has 0 fully saturated rings. The molecule has 1 amide bonds. The van der Waals surface area contributed by atoms with Crippen LogP contribution in [0.1, 0.15) is 0 Å². The summed E-state index contributed by atoms with van der Waals surface area (Å²) >= 11 is 1.24. The van der Waals surface area contributed by atoms with Crippen molar-refractivity contribution in [2.45, 2.75) is 5.16 Å². The predicted molar refractivity (Wildman–Crippen MR) is 88.3 cm³/mol. The molecule has 2 aromatic heterocycles. The van der Waals surface area contributed by atoms with Crippen LogP contribution in [-0.2, 0) is 11.8 Å². The number of terminal acetylenes is 1. The van der Waals surface area contributed by atoms with E-state index in [9.17, 15) is 9.59 Å². The first-order chi connectivity index (χ1) is 11.1. The largest absolute Gasteiger partial charge is 0.344 e. The molecular weight excluding hydrogens is 314 g/mol. The van der Waals surface area contributed by atoms with Crippen molar-refractivity contribution >= 4 is 34.3 Å². The van der Waals surface area contributed by atoms with E-state index in [1.807, 2.05) is 12.1 Å². The van der Waals surface area contributed by atoms with E-state index < -0.39 is 0 Å². The fraction of sp³-hybridized carbons (Fsp3) is 0.200. The van der Waals surface area contributed by atoms with Gasteiger partial charge in [0.1, 0.15) is 0 Å². The van der Waals surface area contributed by atoms with Crippen molar-refractivity contribution in [2.75, 3.05) is 12.3 Å². The second-order valence-corrected chi connectivity index (χ2v) is 5.71. The molecule has 1 N–H and O–H groups in total. The van der Waals surface area contributed by atoms with E-state index in [0.717, 1.165) is 0 Å². The number of carbonyl (C=O) groups excluding carboxylic acids is 1. The molecule has 0 bridgehead atoms. The van der Waals surface area contributed by atoms with Crippen LogP contribution in [0.15, 0.2) is 34.2 Å². The maximum absolute atomic E-state index is 12.3. The van der Waals surface area contributed by atoms with Gasteiger partial charge in [0.2, 0.25) is 11.7 Å². The summed E-state index contributed by atoms with van der Waals surface area (Å²) in [5.41, 5.74) is 0.575. The summed E-state index contributed by atoms with van der Waals surface area (Å²) in [6.07, 6.45) is 5.10. The molecule has 0 saturated carbocycles. The Balaban J connectivity index is 2.05. The second-order valence-electron chi connectivity index (χ2n) is 4.77. The van der Waals surface area contributed by atoms with Crippen LogP contribution in [0.4, 0.5) is 0 Å². The molecular formula is C15H13N5O2S. The van der Waals surface area contributed by atoms with Gasteiger partial charge in [-0.3, -0.25) is 18.6 Å². The van der Waals surface area contributed by atoms with Crippen molar-refractivity contribution in [1.82, 2.24) is 24.5 Å². The predicted octanol–water partition coefficient (Wildman–Crippen LogP) is 0.423. The Bertz CT molecular complexity index is 999. The number of nitrogens with one attached hydrogen (secondary N) is 1. The zero-order valence-electron chi connectivity index (χ0n) is 12.3. The van der Waals surface area contributed by atoms with Crippen LogP contribution >= 0.6 is 11.8 Å². The number of fused-ring (bicyclic) bond motifs is 3. The Hall–Kier alpha value is -2.79. The summed E-state index contributed by atoms with van der Waals surface area (Å²) in [5.74, 6) is 2.76. The van der Waals surface area contributed by atoms with Gasteiger partial charge < -0.3 is 5.32 Å². The fourth-order valence-corrected chi connectivity index (χ4v) is 3.01. The number of aryl methyl sites for hydroxylation is 1. The molecule has 3 rings (SSSR count). The van der Waals surface area contributed by atoms with Gasteiger partial charge in [-0.15, -0.1) is 16.6 Å². The van der Waals surface area contributed by atoms with E-state index in [1.54, 1.807) is 23.6 Å². The number of hydrogen-bond donors (Lipinski definition) is 1. The maximum Gasteiger partial charge on any atom is 0.262 e. The van der Waals surface area contributed by atoms with Crippen molar-refractivity contribution < 1.29 is 4.79 Å². The van der Waals surface area contributed by atoms with Crippen LogP contribution in [0.25, 0.3) is 16.7 Å². The lowest BCUT2D eigenvalue weighted by Crippen LogP contribution is -2.25. The van der Waals surface area contributed by atoms with Gasteiger partial charge in [0.25, 0.3) is 5.56 Å². The average molecular weight is 327 g/mol. The first-order valence-corrected chi connectivity index (χ1v) is 7.78. The Morgan fingerprint density at radius 2 is 2.17 bits per heavy atom. The van der Waals surface area contributed by atoms with Crippen LogP contribution in [0, 0.1) is 12.3 Å². The molecule has 1 aromatic carbocycles. The van der Waals surface area contributed by atoms with E-state index in [2.05, 4.69) is 21.4 Å². The van der Waals surface area contributed by atoms with Gasteiger partial charge in [-0.05, 0) is 12.1 Å². The monoisotopic (exact) mass is 327 g/mol. The number of aromatic nitrogens is 4. The first-order valence-electron chi connectivity index (χ1n) is 6.79. The summed E-state index contributed by atoms with van der Waals surface area (Å²) in [5, 5.41) is 11.9. The summed E-state index contributed by atoms with van der Waals surface area (Å²) in [4.78, 5) is 24.0. The molecule has 0 radical (unpaired) electrons. The minimum absolute atomic E-state index is 0.135. The number of thioether (sulfide) groups is 1. The van der Waals surface area contributed by atoms with Crippen LogP contribution in [-0.4, -0.2) is 37.4 Å². The zero-order chi connectivity index (χ0) is 16.4. The molecule has 0 aliphatic heterocycles. The van der Waals surface area contributed by atoms with E-state index in [-0.39, 0.29) is 23.8 Å². The number of benzene rings is 1. The summed E-state index contributed by atoms with van der Waals surface area (Å²) in [6, 6.07) is 7.23. The molecule has 2 heterocycles. The molecule has 0 spiro atoms. The normalized spacial score (nSPS) is 10.8. The third kappa shape index (κ3) is 2.66. The van der Waals surface area contributed by atoms with Gasteiger partial charge in [-0.2, -0.15) is 0 Å². The molecule has 23 heavy (non-hydrogen) atoms. The first kappa shape index (κ1) is 15.1. The third-order valence-electron chi connectivity index (χ3n) is 3.32. The molecule has 0 aliphatic rings. The third-order valence-corrected chi connectivity index (χ3v) is 4.25. The highest BCUT2D eigenvalue weighted by molar-refractivity contribution is 7.99. The van der Waals surface area contributed by atoms with E-state index in [0.29, 0.717) is 21.8 Å². The summed E-state index contributed by atoms with van der Waals surface area (Å²) in [6.45, 7) is 0.192. The van der Waals surface area contributed by atoms with Gasteiger partial charge in [0, 0.05) is 7.05 Å². The summed E-state index contributed by atoms with van der Waals surface area (Å²) in [7, 11) is 1.65. The molecule has 0 saturated heterocycles. The van der Waals surface area contributed by atoms with Gasteiger partial charge in [-0.1, -0.05) is 29.8 Å². The summed E-state index contributed by atoms with van der Waals surface area (Å²) < 4.78 is 3.22. The lowest BCUT2D eigenvalue weighted by molar-refractivity contribution is -0.118. The van der Waals surface area contributed by atoms with Gasteiger partial charge in [0.05, 0.1) is 23.2 Å². The maximum atomic E-state index is 12.3. The highest BCUT2D eigenvalue weighted by Gasteiger charge is 2.15. The van der Waals surface area contributed by atoms with Crippen LogP contribution < -0.4 is 10.9 Å². The number of amides is 1. The standard InChI is InChI=1S/C15H13N5O2S/c1-3-8-16-12(21)9-23-15-18-17-14-19(2)13(22)10-6-4-5-7-11(10)20(14)15/h1,4-7H,8-9H2,2H3,(H,16,21). The second kappa shape index (κ2) is 6.14. The molecule has 8 heteroatoms. The number of para-hydroxylation sites is 1. The van der Waals surface area contributed by atoms with Gasteiger partial charge in [-0.25, -0.2) is 0 Å². The minimum atomic E-state index is -0.182. The van der Waals surface area contributed by atoms with E-state index >= 15 is 0 Å². The number of nitrogens with zero attached hydrogens (tertiary/aromatic N) is 4. The van der Waals surface area contributed by atoms with Crippen molar-refractivity contribution in [1.29, 1.82) is 0 Å². The highest BCUT2D eigenvalue weighted by Crippen LogP contribution is 2.20. The Kier molecular flexibility index (Phi) is 4.04. The van der Waals surface area contributed by atoms with Crippen LogP contribution in [0.5, 0.6) is 0 Å². The average Bonchev–Trinajstić information content (AvgIpc) is 3.00. The zero-order valence-corrected chi connectivity index (χ0v) is 13.1. The smallest absolute Gasteiger partial charge is 0.262 e. The fourth-order valence-electron chi connectivity index (χ4n) is 2.24. The molecule has 0 unspecified atom stereocenters. The minimum Gasteiger partial charge on any atom is -0.344 e. The van der Waals surface area contributed by atoms with Gasteiger partial charge in [0.15, 0.2) is 5.16 Å². The topological polar surface area (TPSA) is 81.3 Å². The number of carbonyl (C=O) groups is 1. The molecule has 3 aromatic rings. The van der Waals surface area contributed by atoms with Crippen molar-refractivity contribution in [3.8, 4) is 12.3 Å². The van der Waals surface area contributed by atoms with E-state index in [4.69, 9.17) is 6.42 Å². The van der Waals surface area contributed by atoms with Crippen molar-refractivity contribution in [3.63, 3.8) is 0 Å². The lowest BCUT2D eigenvalue weighted by Gasteiger charge is -2.07. The lowest BCUT2D eigenvalue weighted by atomic mass is 10.2. The van der Waals surface area contributed by atoms with Gasteiger partial charge >= 0.3 is 0 Å². The Morgan fingerprint density at radius 3 is 2.96 bits per heavy atom. The van der Waals surface area contributed by atoms with Crippen molar-refractivity contribution in [3.05, 3.63) is 34.6 Å². The Labute approximate surface area is 135 Å². The van der Waals surface area contributed by atoms with E-state index in [1.165, 1.54) is 16.3 Å². The molecule has 0 aliphatic carbocycles. The van der Waals surface area contributed by atoms with Crippen LogP contribution in [0.2, 0.25) is 0 Å².